The molecule has 0 saturated carbocycles. The van der Waals surface area contributed by atoms with Crippen molar-refractivity contribution in [1.82, 2.24) is 10.3 Å². The van der Waals surface area contributed by atoms with Crippen LogP contribution < -0.4 is 5.32 Å². The van der Waals surface area contributed by atoms with E-state index in [0.717, 1.165) is 18.6 Å². The number of aryl methyl sites for hydroxylation is 1. The van der Waals surface area contributed by atoms with Gasteiger partial charge in [0.2, 0.25) is 5.91 Å². The molecule has 0 saturated heterocycles. The largest absolute Gasteiger partial charge is 0.351 e. The summed E-state index contributed by atoms with van der Waals surface area (Å²) in [6.45, 7) is 1.83. The lowest BCUT2D eigenvalue weighted by Gasteiger charge is -2.06. The minimum atomic E-state index is -0.698. The van der Waals surface area contributed by atoms with E-state index in [1.165, 1.54) is 34.7 Å². The van der Waals surface area contributed by atoms with Gasteiger partial charge in [0.05, 0.1) is 17.9 Å². The Morgan fingerprint density at radius 3 is 2.47 bits per heavy atom. The van der Waals surface area contributed by atoms with Crippen molar-refractivity contribution in [3.8, 4) is 0 Å². The SMILES string of the molecule is CCc1ccc(C(=O)CSc2nc(CC(=O)NCc3c(F)cccc3F)cs2)cc1. The molecule has 0 spiro atoms. The minimum absolute atomic E-state index is 0.000439. The summed E-state index contributed by atoms with van der Waals surface area (Å²) in [6.07, 6.45) is 0.924. The molecule has 156 valence electrons. The predicted octanol–water partition coefficient (Wildman–Crippen LogP) is 4.82. The number of amides is 1. The normalized spacial score (nSPS) is 10.8. The molecule has 0 aliphatic heterocycles. The number of hydrogen-bond donors (Lipinski definition) is 1. The van der Waals surface area contributed by atoms with Gasteiger partial charge in [0, 0.05) is 23.1 Å². The Hall–Kier alpha value is -2.58. The van der Waals surface area contributed by atoms with E-state index in [9.17, 15) is 18.4 Å². The van der Waals surface area contributed by atoms with Gasteiger partial charge >= 0.3 is 0 Å². The first-order chi connectivity index (χ1) is 14.5. The zero-order valence-corrected chi connectivity index (χ0v) is 17.9. The summed E-state index contributed by atoms with van der Waals surface area (Å²) in [6, 6.07) is 11.1. The molecule has 8 heteroatoms. The third kappa shape index (κ3) is 5.96. The molecule has 2 aromatic carbocycles. The lowest BCUT2D eigenvalue weighted by Crippen LogP contribution is -2.25. The van der Waals surface area contributed by atoms with Crippen molar-refractivity contribution >= 4 is 34.8 Å². The summed E-state index contributed by atoms with van der Waals surface area (Å²) < 4.78 is 27.9. The Morgan fingerprint density at radius 2 is 1.80 bits per heavy atom. The van der Waals surface area contributed by atoms with Crippen LogP contribution in [0.3, 0.4) is 0 Å². The number of nitrogens with zero attached hydrogens (tertiary/aromatic N) is 1. The number of nitrogens with one attached hydrogen (secondary N) is 1. The van der Waals surface area contributed by atoms with Gasteiger partial charge in [-0.05, 0) is 24.1 Å². The molecule has 3 aromatic rings. The maximum Gasteiger partial charge on any atom is 0.226 e. The van der Waals surface area contributed by atoms with Crippen molar-refractivity contribution in [3.63, 3.8) is 0 Å². The monoisotopic (exact) mass is 446 g/mol. The molecule has 30 heavy (non-hydrogen) atoms. The number of thiazole rings is 1. The second kappa shape index (κ2) is 10.4. The topological polar surface area (TPSA) is 59.1 Å². The van der Waals surface area contributed by atoms with Crippen LogP contribution in [-0.2, 0) is 24.2 Å². The van der Waals surface area contributed by atoms with Crippen LogP contribution in [0.5, 0.6) is 0 Å². The molecular formula is C22H20F2N2O2S2. The number of thioether (sulfide) groups is 1. The maximum absolute atomic E-state index is 13.6. The Morgan fingerprint density at radius 1 is 1.10 bits per heavy atom. The average Bonchev–Trinajstić information content (AvgIpc) is 3.19. The molecule has 0 fully saturated rings. The van der Waals surface area contributed by atoms with E-state index < -0.39 is 11.6 Å². The van der Waals surface area contributed by atoms with Gasteiger partial charge in [0.15, 0.2) is 10.1 Å². The van der Waals surface area contributed by atoms with Crippen molar-refractivity contribution in [2.45, 2.75) is 30.6 Å². The number of hydrogen-bond acceptors (Lipinski definition) is 5. The lowest BCUT2D eigenvalue weighted by atomic mass is 10.1. The summed E-state index contributed by atoms with van der Waals surface area (Å²) in [5.74, 6) is -1.50. The highest BCUT2D eigenvalue weighted by molar-refractivity contribution is 8.01. The first-order valence-corrected chi connectivity index (χ1v) is 11.2. The molecule has 1 aromatic heterocycles. The summed E-state index contributed by atoms with van der Waals surface area (Å²) in [4.78, 5) is 28.7. The molecule has 0 bridgehead atoms. The van der Waals surface area contributed by atoms with E-state index in [-0.39, 0.29) is 36.0 Å². The molecule has 1 heterocycles. The van der Waals surface area contributed by atoms with Crippen molar-refractivity contribution in [2.24, 2.45) is 0 Å². The Balaban J connectivity index is 1.48. The molecule has 1 N–H and O–H groups in total. The van der Waals surface area contributed by atoms with E-state index in [4.69, 9.17) is 0 Å². The van der Waals surface area contributed by atoms with E-state index in [2.05, 4.69) is 17.2 Å². The highest BCUT2D eigenvalue weighted by atomic mass is 32.2. The quantitative estimate of drug-likeness (QED) is 0.378. The Labute approximate surface area is 181 Å². The fourth-order valence-corrected chi connectivity index (χ4v) is 4.43. The van der Waals surface area contributed by atoms with Crippen LogP contribution in [-0.4, -0.2) is 22.4 Å². The Kier molecular flexibility index (Phi) is 7.70. The van der Waals surface area contributed by atoms with Crippen LogP contribution in [0.1, 0.15) is 34.1 Å². The first-order valence-electron chi connectivity index (χ1n) is 9.35. The van der Waals surface area contributed by atoms with Crippen molar-refractivity contribution < 1.29 is 18.4 Å². The maximum atomic E-state index is 13.6. The fraction of sp³-hybridized carbons (Fsp3) is 0.227. The van der Waals surface area contributed by atoms with Gasteiger partial charge in [-0.25, -0.2) is 13.8 Å². The summed E-state index contributed by atoms with van der Waals surface area (Å²) in [7, 11) is 0. The van der Waals surface area contributed by atoms with Crippen molar-refractivity contribution in [1.29, 1.82) is 0 Å². The average molecular weight is 447 g/mol. The number of benzene rings is 2. The minimum Gasteiger partial charge on any atom is -0.351 e. The van der Waals surface area contributed by atoms with Crippen LogP contribution in [0.15, 0.2) is 52.2 Å². The van der Waals surface area contributed by atoms with Crippen molar-refractivity contribution in [2.75, 3.05) is 5.75 Å². The van der Waals surface area contributed by atoms with Crippen LogP contribution in [0.2, 0.25) is 0 Å². The molecular weight excluding hydrogens is 426 g/mol. The van der Waals surface area contributed by atoms with Crippen LogP contribution >= 0.6 is 23.1 Å². The molecule has 0 atom stereocenters. The smallest absolute Gasteiger partial charge is 0.226 e. The Bertz CT molecular complexity index is 1020. The van der Waals surface area contributed by atoms with E-state index in [1.807, 2.05) is 24.3 Å². The summed E-state index contributed by atoms with van der Waals surface area (Å²) in [5, 5.41) is 4.25. The molecule has 1 amide bonds. The van der Waals surface area contributed by atoms with Gasteiger partial charge in [-0.2, -0.15) is 0 Å². The lowest BCUT2D eigenvalue weighted by molar-refractivity contribution is -0.120. The summed E-state index contributed by atoms with van der Waals surface area (Å²) in [5.41, 5.74) is 2.22. The third-order valence-electron chi connectivity index (χ3n) is 4.41. The van der Waals surface area contributed by atoms with Crippen LogP contribution in [0.25, 0.3) is 0 Å². The highest BCUT2D eigenvalue weighted by Gasteiger charge is 2.13. The van der Waals surface area contributed by atoms with Crippen molar-refractivity contribution in [3.05, 3.63) is 81.9 Å². The summed E-state index contributed by atoms with van der Waals surface area (Å²) >= 11 is 2.68. The number of rotatable bonds is 9. The van der Waals surface area contributed by atoms with Gasteiger partial charge in [-0.1, -0.05) is 49.0 Å². The number of carbonyl (C=O) groups is 2. The number of ketones is 1. The molecule has 3 rings (SSSR count). The van der Waals surface area contributed by atoms with E-state index in [1.54, 1.807) is 5.38 Å². The number of carbonyl (C=O) groups excluding carboxylic acids is 2. The third-order valence-corrected chi connectivity index (χ3v) is 6.48. The second-order valence-corrected chi connectivity index (χ2v) is 8.60. The zero-order chi connectivity index (χ0) is 21.5. The molecule has 0 aliphatic carbocycles. The first kappa shape index (κ1) is 22.1. The van der Waals surface area contributed by atoms with E-state index >= 15 is 0 Å². The zero-order valence-electron chi connectivity index (χ0n) is 16.3. The standard InChI is InChI=1S/C22H20F2N2O2S2/c1-2-14-6-8-15(9-7-14)20(27)13-30-22-26-16(12-29-22)10-21(28)25-11-17-18(23)4-3-5-19(17)24/h3-9,12H,2,10-11,13H2,1H3,(H,25,28). The molecule has 0 unspecified atom stereocenters. The molecule has 4 nitrogen and oxygen atoms in total. The number of halogens is 2. The highest BCUT2D eigenvalue weighted by Crippen LogP contribution is 2.24. The van der Waals surface area contributed by atoms with Gasteiger partial charge in [0.25, 0.3) is 0 Å². The second-order valence-electron chi connectivity index (χ2n) is 6.52. The van der Waals surface area contributed by atoms with E-state index in [0.29, 0.717) is 15.6 Å². The number of Topliss-reactive ketones (excluding diaryl/α,β-unsaturated/α-hetero) is 1. The van der Waals surface area contributed by atoms with Gasteiger partial charge in [-0.3, -0.25) is 9.59 Å². The molecule has 0 aliphatic rings. The van der Waals surface area contributed by atoms with Gasteiger partial charge in [-0.15, -0.1) is 11.3 Å². The predicted molar refractivity (Wildman–Crippen MR) is 115 cm³/mol. The number of aromatic nitrogens is 1. The fourth-order valence-electron chi connectivity index (χ4n) is 2.69. The van der Waals surface area contributed by atoms with Crippen LogP contribution in [0, 0.1) is 11.6 Å². The van der Waals surface area contributed by atoms with Gasteiger partial charge < -0.3 is 5.32 Å². The van der Waals surface area contributed by atoms with Crippen LogP contribution in [0.4, 0.5) is 8.78 Å². The molecule has 0 radical (unpaired) electrons. The van der Waals surface area contributed by atoms with Gasteiger partial charge in [0.1, 0.15) is 11.6 Å².